The summed E-state index contributed by atoms with van der Waals surface area (Å²) in [5.41, 5.74) is 1.24. The number of carbonyl (C=O) groups is 1. The quantitative estimate of drug-likeness (QED) is 0.228. The number of hydrogen-bond acceptors (Lipinski definition) is 6. The van der Waals surface area contributed by atoms with Crippen LogP contribution in [0.3, 0.4) is 0 Å². The van der Waals surface area contributed by atoms with Crippen LogP contribution in [0, 0.1) is 0 Å². The van der Waals surface area contributed by atoms with Gasteiger partial charge in [-0.1, -0.05) is 66.2 Å². The van der Waals surface area contributed by atoms with Crippen LogP contribution >= 0.6 is 34.8 Å². The number of sulfonamides is 1. The van der Waals surface area contributed by atoms with Gasteiger partial charge in [-0.05, 0) is 54.8 Å². The van der Waals surface area contributed by atoms with Gasteiger partial charge in [-0.3, -0.25) is 4.72 Å². The molecule has 1 fully saturated rings. The first-order valence-electron chi connectivity index (χ1n) is 12.2. The number of pyridine rings is 1. The molecule has 0 atom stereocenters. The van der Waals surface area contributed by atoms with E-state index in [2.05, 4.69) is 15.0 Å². The maximum Gasteiger partial charge on any atom is 0.490 e. The standard InChI is InChI=1S/C24H24Cl3N3O3S.C2HF3O2/c25-17-12-23(30-34(31,32)20-10-11-21(26)22(27)13-20)24(29-15-17)33-19-8-6-16(7-9-19)14-28-18-4-2-1-3-5-18;3-2(4,5)1(6)7/h6-13,15,18,28,30H,1-5,14H2;(H,6,7). The molecular weight excluding hydrogens is 630 g/mol. The molecule has 0 saturated heterocycles. The summed E-state index contributed by atoms with van der Waals surface area (Å²) < 4.78 is 65.8. The number of aliphatic carboxylic acids is 1. The van der Waals surface area contributed by atoms with E-state index in [1.54, 1.807) is 0 Å². The van der Waals surface area contributed by atoms with E-state index in [0.717, 1.165) is 12.1 Å². The predicted molar refractivity (Wildman–Crippen MR) is 150 cm³/mol. The topological polar surface area (TPSA) is 118 Å². The van der Waals surface area contributed by atoms with Gasteiger partial charge in [0.25, 0.3) is 10.0 Å². The first-order valence-corrected chi connectivity index (χ1v) is 14.8. The molecule has 0 radical (unpaired) electrons. The van der Waals surface area contributed by atoms with Crippen molar-refractivity contribution in [3.05, 3.63) is 75.4 Å². The second-order valence-electron chi connectivity index (χ2n) is 8.95. The Balaban J connectivity index is 0.000000587. The molecule has 0 aliphatic heterocycles. The van der Waals surface area contributed by atoms with E-state index in [9.17, 15) is 21.6 Å². The lowest BCUT2D eigenvalue weighted by atomic mass is 9.95. The van der Waals surface area contributed by atoms with Crippen LogP contribution in [0.2, 0.25) is 15.1 Å². The molecular formula is C26H25Cl3F3N3O5S. The highest BCUT2D eigenvalue weighted by Crippen LogP contribution is 2.32. The largest absolute Gasteiger partial charge is 0.490 e. The fraction of sp³-hybridized carbons (Fsp3) is 0.308. The molecule has 41 heavy (non-hydrogen) atoms. The van der Waals surface area contributed by atoms with Crippen LogP contribution in [-0.2, 0) is 21.4 Å². The Morgan fingerprint density at radius 1 is 1.00 bits per heavy atom. The Labute approximate surface area is 249 Å². The smallest absolute Gasteiger partial charge is 0.475 e. The number of ether oxygens (including phenoxy) is 1. The van der Waals surface area contributed by atoms with Crippen molar-refractivity contribution >= 4 is 56.5 Å². The van der Waals surface area contributed by atoms with Crippen molar-refractivity contribution < 1.29 is 36.2 Å². The summed E-state index contributed by atoms with van der Waals surface area (Å²) in [7, 11) is -3.99. The fourth-order valence-electron chi connectivity index (χ4n) is 3.78. The van der Waals surface area contributed by atoms with Gasteiger partial charge in [0.05, 0.1) is 20.0 Å². The molecule has 3 N–H and O–H groups in total. The van der Waals surface area contributed by atoms with E-state index < -0.39 is 22.2 Å². The summed E-state index contributed by atoms with van der Waals surface area (Å²) in [5.74, 6) is -2.17. The van der Waals surface area contributed by atoms with Crippen LogP contribution in [0.25, 0.3) is 0 Å². The molecule has 0 spiro atoms. The number of aromatic nitrogens is 1. The van der Waals surface area contributed by atoms with Crippen molar-refractivity contribution in [1.29, 1.82) is 0 Å². The van der Waals surface area contributed by atoms with Gasteiger partial charge in [-0.15, -0.1) is 0 Å². The number of alkyl halides is 3. The Morgan fingerprint density at radius 3 is 2.22 bits per heavy atom. The summed E-state index contributed by atoms with van der Waals surface area (Å²) in [6, 6.07) is 13.6. The van der Waals surface area contributed by atoms with E-state index in [1.165, 1.54) is 62.6 Å². The molecule has 8 nitrogen and oxygen atoms in total. The maximum atomic E-state index is 12.9. The number of carboxylic acid groups (broad SMARTS) is 1. The average Bonchev–Trinajstić information content (AvgIpc) is 2.91. The maximum absolute atomic E-state index is 12.9. The molecule has 222 valence electrons. The van der Waals surface area contributed by atoms with Gasteiger partial charge in [-0.2, -0.15) is 13.2 Å². The van der Waals surface area contributed by atoms with Gasteiger partial charge in [0.15, 0.2) is 0 Å². The van der Waals surface area contributed by atoms with E-state index in [-0.39, 0.29) is 31.5 Å². The van der Waals surface area contributed by atoms with Crippen molar-refractivity contribution in [2.24, 2.45) is 0 Å². The minimum Gasteiger partial charge on any atom is -0.475 e. The third-order valence-electron chi connectivity index (χ3n) is 5.84. The van der Waals surface area contributed by atoms with Crippen LogP contribution in [0.4, 0.5) is 18.9 Å². The van der Waals surface area contributed by atoms with Gasteiger partial charge in [0, 0.05) is 18.8 Å². The highest BCUT2D eigenvalue weighted by Gasteiger charge is 2.38. The second-order valence-corrected chi connectivity index (χ2v) is 11.9. The van der Waals surface area contributed by atoms with Gasteiger partial charge < -0.3 is 15.2 Å². The molecule has 4 rings (SSSR count). The van der Waals surface area contributed by atoms with Crippen molar-refractivity contribution in [1.82, 2.24) is 10.3 Å². The Hall–Kier alpha value is -2.77. The number of hydrogen-bond donors (Lipinski definition) is 3. The summed E-state index contributed by atoms with van der Waals surface area (Å²) in [6.07, 6.45) is 2.66. The van der Waals surface area contributed by atoms with Gasteiger partial charge in [0.1, 0.15) is 11.4 Å². The fourth-order valence-corrected chi connectivity index (χ4v) is 5.38. The lowest BCUT2D eigenvalue weighted by Crippen LogP contribution is -2.30. The van der Waals surface area contributed by atoms with Crippen LogP contribution in [0.5, 0.6) is 11.6 Å². The first-order chi connectivity index (χ1) is 19.2. The monoisotopic (exact) mass is 653 g/mol. The van der Waals surface area contributed by atoms with Crippen molar-refractivity contribution in [2.45, 2.75) is 55.8 Å². The summed E-state index contributed by atoms with van der Waals surface area (Å²) in [5, 5.41) is 11.4. The second kappa shape index (κ2) is 14.4. The molecule has 1 aliphatic carbocycles. The number of nitrogens with one attached hydrogen (secondary N) is 2. The van der Waals surface area contributed by atoms with Crippen molar-refractivity contribution in [3.63, 3.8) is 0 Å². The minimum absolute atomic E-state index is 0.0531. The zero-order valence-corrected chi connectivity index (χ0v) is 24.3. The Kier molecular flexibility index (Phi) is 11.5. The van der Waals surface area contributed by atoms with Gasteiger partial charge in [-0.25, -0.2) is 18.2 Å². The van der Waals surface area contributed by atoms with E-state index in [4.69, 9.17) is 49.4 Å². The Bertz CT molecular complexity index is 1450. The molecule has 1 aliphatic rings. The number of halogens is 6. The molecule has 0 amide bonds. The SMILES string of the molecule is O=C(O)C(F)(F)F.O=S(=O)(Nc1cc(Cl)cnc1Oc1ccc(CNC2CCCCC2)cc1)c1ccc(Cl)c(Cl)c1. The van der Waals surface area contributed by atoms with E-state index in [1.807, 2.05) is 24.3 Å². The highest BCUT2D eigenvalue weighted by molar-refractivity contribution is 7.92. The molecule has 3 aromatic rings. The first kappa shape index (κ1) is 32.7. The molecule has 15 heteroatoms. The summed E-state index contributed by atoms with van der Waals surface area (Å²) >= 11 is 17.9. The zero-order valence-electron chi connectivity index (χ0n) is 21.2. The summed E-state index contributed by atoms with van der Waals surface area (Å²) in [6.45, 7) is 0.791. The molecule has 1 aromatic heterocycles. The predicted octanol–water partition coefficient (Wildman–Crippen LogP) is 7.69. The van der Waals surface area contributed by atoms with E-state index in [0.29, 0.717) is 11.8 Å². The van der Waals surface area contributed by atoms with Crippen molar-refractivity contribution in [3.8, 4) is 11.6 Å². The van der Waals surface area contributed by atoms with Crippen LogP contribution in [0.15, 0.2) is 59.6 Å². The highest BCUT2D eigenvalue weighted by atomic mass is 35.5. The van der Waals surface area contributed by atoms with Gasteiger partial charge >= 0.3 is 12.1 Å². The number of benzene rings is 2. The lowest BCUT2D eigenvalue weighted by Gasteiger charge is -2.22. The van der Waals surface area contributed by atoms with Crippen LogP contribution < -0.4 is 14.8 Å². The Morgan fingerprint density at radius 2 is 1.63 bits per heavy atom. The molecule has 2 aromatic carbocycles. The third kappa shape index (κ3) is 10.2. The lowest BCUT2D eigenvalue weighted by molar-refractivity contribution is -0.192. The normalized spacial score (nSPS) is 14.1. The van der Waals surface area contributed by atoms with Crippen molar-refractivity contribution in [2.75, 3.05) is 4.72 Å². The number of rotatable bonds is 8. The molecule has 1 heterocycles. The van der Waals surface area contributed by atoms with E-state index >= 15 is 0 Å². The van der Waals surface area contributed by atoms with Crippen LogP contribution in [0.1, 0.15) is 37.7 Å². The zero-order chi connectivity index (χ0) is 30.2. The molecule has 0 unspecified atom stereocenters. The minimum atomic E-state index is -5.08. The summed E-state index contributed by atoms with van der Waals surface area (Å²) in [4.78, 5) is 13.0. The third-order valence-corrected chi connectivity index (χ3v) is 8.15. The number of carboxylic acids is 1. The number of anilines is 1. The molecule has 0 bridgehead atoms. The van der Waals surface area contributed by atoms with Crippen LogP contribution in [-0.4, -0.2) is 36.7 Å². The number of nitrogens with zero attached hydrogens (tertiary/aromatic N) is 1. The average molecular weight is 655 g/mol. The molecule has 1 saturated carbocycles. The van der Waals surface area contributed by atoms with Gasteiger partial charge in [0.2, 0.25) is 5.88 Å².